The van der Waals surface area contributed by atoms with E-state index in [1.807, 2.05) is 98.5 Å². The number of ether oxygens (including phenoxy) is 1. The Kier molecular flexibility index (Phi) is 7.35. The van der Waals surface area contributed by atoms with Gasteiger partial charge in [-0.1, -0.05) is 72.8 Å². The van der Waals surface area contributed by atoms with Gasteiger partial charge in [0.05, 0.1) is 6.04 Å². The normalized spacial score (nSPS) is 12.1. The van der Waals surface area contributed by atoms with E-state index in [1.165, 1.54) is 0 Å². The third kappa shape index (κ3) is 6.88. The minimum Gasteiger partial charge on any atom is -0.489 e. The number of urea groups is 1. The van der Waals surface area contributed by atoms with E-state index in [-0.39, 0.29) is 17.6 Å². The van der Waals surface area contributed by atoms with Crippen molar-refractivity contribution in [3.05, 3.63) is 102 Å². The molecule has 3 aromatic carbocycles. The summed E-state index contributed by atoms with van der Waals surface area (Å²) in [6.45, 7) is 9.05. The van der Waals surface area contributed by atoms with Gasteiger partial charge in [-0.15, -0.1) is 0 Å². The predicted octanol–water partition coefficient (Wildman–Crippen LogP) is 6.34. The zero-order valence-electron chi connectivity index (χ0n) is 18.8. The molecule has 4 heteroatoms. The molecule has 0 radical (unpaired) electrons. The van der Waals surface area contributed by atoms with Crippen molar-refractivity contribution < 1.29 is 9.53 Å². The Morgan fingerprint density at radius 1 is 0.903 bits per heavy atom. The molecule has 0 aliphatic heterocycles. The summed E-state index contributed by atoms with van der Waals surface area (Å²) in [5.41, 5.74) is 2.93. The smallest absolute Gasteiger partial charge is 0.318 e. The summed E-state index contributed by atoms with van der Waals surface area (Å²) >= 11 is 0. The number of hydrogen-bond donors (Lipinski definition) is 1. The second-order valence-electron chi connectivity index (χ2n) is 8.82. The number of rotatable bonds is 7. The van der Waals surface area contributed by atoms with Gasteiger partial charge in [-0.3, -0.25) is 0 Å². The second-order valence-corrected chi connectivity index (χ2v) is 8.82. The molecule has 0 fully saturated rings. The molecule has 3 aromatic rings. The molecule has 31 heavy (non-hydrogen) atoms. The van der Waals surface area contributed by atoms with Crippen LogP contribution in [0.4, 0.5) is 4.79 Å². The largest absolute Gasteiger partial charge is 0.489 e. The van der Waals surface area contributed by atoms with E-state index in [2.05, 4.69) is 24.4 Å². The van der Waals surface area contributed by atoms with Gasteiger partial charge in [0.15, 0.2) is 0 Å². The van der Waals surface area contributed by atoms with Gasteiger partial charge >= 0.3 is 6.03 Å². The van der Waals surface area contributed by atoms with Crippen LogP contribution in [0.3, 0.4) is 0 Å². The molecule has 0 unspecified atom stereocenters. The molecule has 0 heterocycles. The Morgan fingerprint density at radius 3 is 2.16 bits per heavy atom. The Labute approximate surface area is 185 Å². The first-order valence-electron chi connectivity index (χ1n) is 10.7. The van der Waals surface area contributed by atoms with E-state index in [9.17, 15) is 4.79 Å². The molecule has 162 valence electrons. The lowest BCUT2D eigenvalue weighted by Crippen LogP contribution is -2.48. The van der Waals surface area contributed by atoms with E-state index in [1.54, 1.807) is 0 Å². The molecule has 0 aliphatic rings. The quantitative estimate of drug-likeness (QED) is 0.488. The van der Waals surface area contributed by atoms with Gasteiger partial charge in [-0.25, -0.2) is 4.79 Å². The summed E-state index contributed by atoms with van der Waals surface area (Å²) in [4.78, 5) is 15.0. The van der Waals surface area contributed by atoms with Crippen molar-refractivity contribution in [2.24, 2.45) is 0 Å². The Balaban J connectivity index is 1.77. The summed E-state index contributed by atoms with van der Waals surface area (Å²) in [5, 5.41) is 3.11. The molecule has 0 aliphatic carbocycles. The van der Waals surface area contributed by atoms with E-state index < -0.39 is 0 Å². The highest BCUT2D eigenvalue weighted by Gasteiger charge is 2.25. The number of carbonyl (C=O) groups excluding carboxylic acids is 1. The lowest BCUT2D eigenvalue weighted by molar-refractivity contribution is 0.166. The summed E-state index contributed by atoms with van der Waals surface area (Å²) in [6, 6.07) is 28.0. The fourth-order valence-corrected chi connectivity index (χ4v) is 3.36. The van der Waals surface area contributed by atoms with Crippen LogP contribution >= 0.6 is 0 Å². The molecule has 0 aromatic heterocycles. The number of nitrogens with zero attached hydrogens (tertiary/aromatic N) is 1. The van der Waals surface area contributed by atoms with Crippen LogP contribution < -0.4 is 10.1 Å². The van der Waals surface area contributed by atoms with Crippen LogP contribution in [-0.2, 0) is 13.2 Å². The van der Waals surface area contributed by atoms with Gasteiger partial charge in [0.25, 0.3) is 0 Å². The first kappa shape index (κ1) is 22.4. The van der Waals surface area contributed by atoms with E-state index in [0.717, 1.165) is 22.4 Å². The summed E-state index contributed by atoms with van der Waals surface area (Å²) in [5.74, 6) is 0.796. The lowest BCUT2D eigenvalue weighted by Gasteiger charge is -2.33. The van der Waals surface area contributed by atoms with Gasteiger partial charge in [0.2, 0.25) is 0 Å². The van der Waals surface area contributed by atoms with E-state index >= 15 is 0 Å². The van der Waals surface area contributed by atoms with Crippen molar-refractivity contribution in [2.75, 3.05) is 0 Å². The maximum absolute atomic E-state index is 13.2. The third-order valence-corrected chi connectivity index (χ3v) is 4.99. The first-order valence-corrected chi connectivity index (χ1v) is 10.7. The molecule has 0 bridgehead atoms. The number of amides is 2. The molecule has 2 amide bonds. The van der Waals surface area contributed by atoms with Crippen LogP contribution in [0.15, 0.2) is 84.9 Å². The Hall–Kier alpha value is -3.27. The zero-order chi connectivity index (χ0) is 22.3. The highest BCUT2D eigenvalue weighted by molar-refractivity contribution is 5.75. The monoisotopic (exact) mass is 416 g/mol. The van der Waals surface area contributed by atoms with Crippen molar-refractivity contribution >= 4 is 6.03 Å². The fourth-order valence-electron chi connectivity index (χ4n) is 3.36. The topological polar surface area (TPSA) is 41.6 Å². The van der Waals surface area contributed by atoms with Crippen LogP contribution in [0.5, 0.6) is 5.75 Å². The standard InChI is InChI=1S/C27H32N2O2/c1-21(24-15-9-6-10-16-24)29(26(30)28-27(2,3)4)19-23-14-11-17-25(18-23)31-20-22-12-7-5-8-13-22/h5-18,21H,19-20H2,1-4H3,(H,28,30)/t21-/m0/s1. The van der Waals surface area contributed by atoms with Gasteiger partial charge in [0, 0.05) is 12.1 Å². The summed E-state index contributed by atoms with van der Waals surface area (Å²) < 4.78 is 5.98. The Bertz CT molecular complexity index is 965. The van der Waals surface area contributed by atoms with Crippen molar-refractivity contribution in [3.63, 3.8) is 0 Å². The maximum atomic E-state index is 13.2. The molecular weight excluding hydrogens is 384 g/mol. The molecule has 3 rings (SSSR count). The summed E-state index contributed by atoms with van der Waals surface area (Å²) in [7, 11) is 0. The number of carbonyl (C=O) groups is 1. The van der Waals surface area contributed by atoms with Crippen molar-refractivity contribution in [2.45, 2.75) is 52.4 Å². The number of benzene rings is 3. The third-order valence-electron chi connectivity index (χ3n) is 4.99. The fraction of sp³-hybridized carbons (Fsp3) is 0.296. The molecule has 0 saturated heterocycles. The van der Waals surface area contributed by atoms with Gasteiger partial charge < -0.3 is 15.0 Å². The lowest BCUT2D eigenvalue weighted by atomic mass is 10.1. The molecule has 0 saturated carbocycles. The highest BCUT2D eigenvalue weighted by atomic mass is 16.5. The SMILES string of the molecule is C[C@@H](c1ccccc1)N(Cc1cccc(OCc2ccccc2)c1)C(=O)NC(C)(C)C. The number of hydrogen-bond acceptors (Lipinski definition) is 2. The predicted molar refractivity (Wildman–Crippen MR) is 126 cm³/mol. The average Bonchev–Trinajstić information content (AvgIpc) is 2.76. The van der Waals surface area contributed by atoms with Crippen LogP contribution in [0.1, 0.15) is 50.4 Å². The zero-order valence-corrected chi connectivity index (χ0v) is 18.8. The van der Waals surface area contributed by atoms with Crippen LogP contribution in [0, 0.1) is 0 Å². The van der Waals surface area contributed by atoms with Gasteiger partial charge in [-0.2, -0.15) is 0 Å². The van der Waals surface area contributed by atoms with Crippen molar-refractivity contribution in [1.29, 1.82) is 0 Å². The molecule has 1 N–H and O–H groups in total. The number of nitrogens with one attached hydrogen (secondary N) is 1. The van der Waals surface area contributed by atoms with E-state index in [4.69, 9.17) is 4.74 Å². The molecular formula is C27H32N2O2. The minimum atomic E-state index is -0.313. The van der Waals surface area contributed by atoms with Crippen molar-refractivity contribution in [1.82, 2.24) is 10.2 Å². The average molecular weight is 417 g/mol. The molecule has 0 spiro atoms. The van der Waals surface area contributed by atoms with Crippen LogP contribution in [-0.4, -0.2) is 16.5 Å². The Morgan fingerprint density at radius 2 is 1.52 bits per heavy atom. The summed E-state index contributed by atoms with van der Waals surface area (Å²) in [6.07, 6.45) is 0. The van der Waals surface area contributed by atoms with Gasteiger partial charge in [-0.05, 0) is 56.5 Å². The molecule has 1 atom stereocenters. The van der Waals surface area contributed by atoms with E-state index in [0.29, 0.717) is 13.2 Å². The van der Waals surface area contributed by atoms with Crippen LogP contribution in [0.2, 0.25) is 0 Å². The highest BCUT2D eigenvalue weighted by Crippen LogP contribution is 2.24. The minimum absolute atomic E-state index is 0.0718. The first-order chi connectivity index (χ1) is 14.8. The second kappa shape index (κ2) is 10.2. The molecule has 4 nitrogen and oxygen atoms in total. The van der Waals surface area contributed by atoms with Crippen molar-refractivity contribution in [3.8, 4) is 5.75 Å². The van der Waals surface area contributed by atoms with Crippen LogP contribution in [0.25, 0.3) is 0 Å². The van der Waals surface area contributed by atoms with Gasteiger partial charge in [0.1, 0.15) is 12.4 Å². The maximum Gasteiger partial charge on any atom is 0.318 e.